The minimum Gasteiger partial charge on any atom is -0.257 e. The van der Waals surface area contributed by atoms with Crippen molar-refractivity contribution in [2.24, 2.45) is 4.99 Å². The highest BCUT2D eigenvalue weighted by molar-refractivity contribution is 6.10. The molecule has 0 aromatic carbocycles. The van der Waals surface area contributed by atoms with Crippen LogP contribution in [0.25, 0.3) is 0 Å². The highest BCUT2D eigenvalue weighted by Gasteiger charge is 1.96. The molecule has 0 atom stereocenters. The quantitative estimate of drug-likeness (QED) is 0.443. The van der Waals surface area contributed by atoms with Gasteiger partial charge in [0.15, 0.2) is 0 Å². The lowest BCUT2D eigenvalue weighted by Gasteiger charge is -1.99. The topological polar surface area (TPSA) is 12.4 Å². The lowest BCUT2D eigenvalue weighted by molar-refractivity contribution is 1.56. The zero-order chi connectivity index (χ0) is 10.8. The Hall–Kier alpha value is -1.89. The molecule has 0 radical (unpaired) electrons. The summed E-state index contributed by atoms with van der Waals surface area (Å²) in [6.07, 6.45) is 12.1. The lowest BCUT2D eigenvalue weighted by Crippen LogP contribution is -1.95. The molecule has 0 N–H and O–H groups in total. The van der Waals surface area contributed by atoms with E-state index in [-0.39, 0.29) is 0 Å². The summed E-state index contributed by atoms with van der Waals surface area (Å²) in [4.78, 5) is 4.08. The molecule has 0 heterocycles. The van der Waals surface area contributed by atoms with Crippen LogP contribution in [0.3, 0.4) is 0 Å². The summed E-state index contributed by atoms with van der Waals surface area (Å²) in [6.45, 7) is 14.4. The van der Waals surface area contributed by atoms with E-state index in [4.69, 9.17) is 0 Å². The molecule has 14 heavy (non-hydrogen) atoms. The van der Waals surface area contributed by atoms with Crippen LogP contribution in [0.5, 0.6) is 0 Å². The van der Waals surface area contributed by atoms with Gasteiger partial charge in [0.1, 0.15) is 0 Å². The average Bonchev–Trinajstić information content (AvgIpc) is 2.21. The van der Waals surface area contributed by atoms with E-state index in [1.807, 2.05) is 18.2 Å². The first-order chi connectivity index (χ1) is 6.79. The van der Waals surface area contributed by atoms with Gasteiger partial charge in [-0.25, -0.2) is 0 Å². The van der Waals surface area contributed by atoms with E-state index in [0.717, 1.165) is 11.3 Å². The summed E-state index contributed by atoms with van der Waals surface area (Å²) in [5.74, 6) is 0. The van der Waals surface area contributed by atoms with Gasteiger partial charge in [-0.1, -0.05) is 56.7 Å². The zero-order valence-electron chi connectivity index (χ0n) is 8.32. The second kappa shape index (κ2) is 7.74. The molecule has 0 rings (SSSR count). The van der Waals surface area contributed by atoms with Gasteiger partial charge in [0, 0.05) is 11.8 Å². The van der Waals surface area contributed by atoms with Gasteiger partial charge >= 0.3 is 0 Å². The van der Waals surface area contributed by atoms with Crippen molar-refractivity contribution in [1.82, 2.24) is 0 Å². The number of aliphatic imine (C=N–C) groups is 1. The Morgan fingerprint density at radius 1 is 1.00 bits per heavy atom. The Labute approximate surface area is 85.9 Å². The monoisotopic (exact) mass is 185 g/mol. The predicted molar refractivity (Wildman–Crippen MR) is 65.4 cm³/mol. The second-order valence-corrected chi connectivity index (χ2v) is 2.35. The van der Waals surface area contributed by atoms with Crippen LogP contribution in [0.15, 0.2) is 79.5 Å². The molecule has 0 aromatic rings. The molecule has 0 saturated carbocycles. The molecule has 0 aliphatic heterocycles. The van der Waals surface area contributed by atoms with E-state index >= 15 is 0 Å². The van der Waals surface area contributed by atoms with Crippen molar-refractivity contribution in [2.45, 2.75) is 0 Å². The largest absolute Gasteiger partial charge is 0.257 e. The van der Waals surface area contributed by atoms with Gasteiger partial charge in [0.05, 0.1) is 5.71 Å². The maximum absolute atomic E-state index is 4.08. The Kier molecular flexibility index (Phi) is 6.70. The van der Waals surface area contributed by atoms with Gasteiger partial charge in [-0.15, -0.1) is 0 Å². The first-order valence-corrected chi connectivity index (χ1v) is 4.23. The summed E-state index contributed by atoms with van der Waals surface area (Å²) < 4.78 is 0. The summed E-state index contributed by atoms with van der Waals surface area (Å²) in [6, 6.07) is 0. The summed E-state index contributed by atoms with van der Waals surface area (Å²) in [7, 11) is 0. The van der Waals surface area contributed by atoms with Gasteiger partial charge in [-0.05, 0) is 6.08 Å². The zero-order valence-corrected chi connectivity index (χ0v) is 8.32. The smallest absolute Gasteiger partial charge is 0.0695 e. The van der Waals surface area contributed by atoms with Crippen LogP contribution in [-0.2, 0) is 0 Å². The molecule has 0 amide bonds. The first-order valence-electron chi connectivity index (χ1n) is 4.23. The highest BCUT2D eigenvalue weighted by Crippen LogP contribution is 2.03. The molecule has 0 aliphatic rings. The number of rotatable bonds is 6. The van der Waals surface area contributed by atoms with Crippen molar-refractivity contribution in [3.8, 4) is 0 Å². The van der Waals surface area contributed by atoms with Crippen LogP contribution in [0.1, 0.15) is 0 Å². The molecule has 0 fully saturated rings. The standard InChI is InChI=1S/C13H15N/c1-5-9-11-12(10-6-2)13(7-3)14-8-4/h5-11H,1-4H2/b11-9-,12-10-,14-13-. The van der Waals surface area contributed by atoms with Crippen LogP contribution in [0.2, 0.25) is 0 Å². The summed E-state index contributed by atoms with van der Waals surface area (Å²) in [5.41, 5.74) is 1.69. The molecule has 1 heteroatoms. The molecular formula is C13H15N. The predicted octanol–water partition coefficient (Wildman–Crippen LogP) is 3.61. The van der Waals surface area contributed by atoms with E-state index in [1.54, 1.807) is 18.2 Å². The van der Waals surface area contributed by atoms with E-state index in [9.17, 15) is 0 Å². The van der Waals surface area contributed by atoms with E-state index in [2.05, 4.69) is 31.3 Å². The highest BCUT2D eigenvalue weighted by atomic mass is 14.7. The maximum atomic E-state index is 4.08. The molecule has 0 spiro atoms. The van der Waals surface area contributed by atoms with Crippen molar-refractivity contribution in [3.63, 3.8) is 0 Å². The van der Waals surface area contributed by atoms with Gasteiger partial charge in [-0.2, -0.15) is 0 Å². The number of hydrogen-bond acceptors (Lipinski definition) is 1. The Bertz CT molecular complexity index is 314. The Balaban J connectivity index is 5.07. The molecule has 0 aliphatic carbocycles. The van der Waals surface area contributed by atoms with E-state index in [1.165, 1.54) is 6.20 Å². The Morgan fingerprint density at radius 2 is 1.71 bits per heavy atom. The Morgan fingerprint density at radius 3 is 2.14 bits per heavy atom. The SMILES string of the molecule is C=C\C=C/C(=C/C=C)C(/C=C)=N\C=C. The van der Waals surface area contributed by atoms with Gasteiger partial charge in [-0.3, -0.25) is 4.99 Å². The molecular weight excluding hydrogens is 170 g/mol. The second-order valence-electron chi connectivity index (χ2n) is 2.35. The van der Waals surface area contributed by atoms with Gasteiger partial charge in [0.2, 0.25) is 0 Å². The number of allylic oxidation sites excluding steroid dienone is 7. The fraction of sp³-hybridized carbons (Fsp3) is 0. The van der Waals surface area contributed by atoms with Crippen LogP contribution in [0, 0.1) is 0 Å². The van der Waals surface area contributed by atoms with Crippen LogP contribution < -0.4 is 0 Å². The van der Waals surface area contributed by atoms with Crippen molar-refractivity contribution in [3.05, 3.63) is 74.5 Å². The van der Waals surface area contributed by atoms with Crippen molar-refractivity contribution in [1.29, 1.82) is 0 Å². The molecule has 72 valence electrons. The molecule has 1 nitrogen and oxygen atoms in total. The van der Waals surface area contributed by atoms with Crippen molar-refractivity contribution >= 4 is 5.71 Å². The van der Waals surface area contributed by atoms with Gasteiger partial charge in [0.25, 0.3) is 0 Å². The molecule has 0 bridgehead atoms. The first kappa shape index (κ1) is 12.1. The molecule has 0 saturated heterocycles. The minimum atomic E-state index is 0.762. The van der Waals surface area contributed by atoms with E-state index in [0.29, 0.717) is 0 Å². The van der Waals surface area contributed by atoms with Gasteiger partial charge < -0.3 is 0 Å². The number of nitrogens with zero attached hydrogens (tertiary/aromatic N) is 1. The fourth-order valence-corrected chi connectivity index (χ4v) is 0.868. The van der Waals surface area contributed by atoms with E-state index < -0.39 is 0 Å². The third-order valence-corrected chi connectivity index (χ3v) is 1.43. The summed E-state index contributed by atoms with van der Waals surface area (Å²) in [5, 5.41) is 0. The maximum Gasteiger partial charge on any atom is 0.0695 e. The third kappa shape index (κ3) is 4.21. The minimum absolute atomic E-state index is 0.762. The number of hydrogen-bond donors (Lipinski definition) is 0. The van der Waals surface area contributed by atoms with Crippen molar-refractivity contribution < 1.29 is 0 Å². The molecule has 0 unspecified atom stereocenters. The summed E-state index contributed by atoms with van der Waals surface area (Å²) >= 11 is 0. The fourth-order valence-electron chi connectivity index (χ4n) is 0.868. The van der Waals surface area contributed by atoms with Crippen molar-refractivity contribution in [2.75, 3.05) is 0 Å². The lowest BCUT2D eigenvalue weighted by atomic mass is 10.1. The van der Waals surface area contributed by atoms with Crippen LogP contribution in [0.4, 0.5) is 0 Å². The third-order valence-electron chi connectivity index (χ3n) is 1.43. The average molecular weight is 185 g/mol. The van der Waals surface area contributed by atoms with Crippen LogP contribution >= 0.6 is 0 Å². The normalized spacial score (nSPS) is 12.6. The molecule has 0 aromatic heterocycles. The van der Waals surface area contributed by atoms with Crippen LogP contribution in [-0.4, -0.2) is 5.71 Å².